The Morgan fingerprint density at radius 3 is 2.43 bits per heavy atom. The van der Waals surface area contributed by atoms with Gasteiger partial charge in [0.25, 0.3) is 6.02 Å². The van der Waals surface area contributed by atoms with E-state index < -0.39 is 6.17 Å². The summed E-state index contributed by atoms with van der Waals surface area (Å²) in [6, 6.07) is 0.261. The maximum Gasteiger partial charge on any atom is 0.284 e. The molecule has 8 heteroatoms. The van der Waals surface area contributed by atoms with E-state index in [4.69, 9.17) is 19.6 Å². The molecule has 2 N–H and O–H groups in total. The fourth-order valence-electron chi connectivity index (χ4n) is 7.45. The van der Waals surface area contributed by atoms with E-state index in [-0.39, 0.29) is 30.1 Å². The lowest BCUT2D eigenvalue weighted by molar-refractivity contribution is -0.128. The van der Waals surface area contributed by atoms with E-state index in [9.17, 15) is 9.18 Å². The molecule has 4 fully saturated rings. The van der Waals surface area contributed by atoms with Gasteiger partial charge in [-0.15, -0.1) is 0 Å². The van der Waals surface area contributed by atoms with Crippen LogP contribution in [0.2, 0.25) is 0 Å². The quantitative estimate of drug-likeness (QED) is 0.532. The number of amidine groups is 1. The number of halogens is 1. The van der Waals surface area contributed by atoms with E-state index in [0.29, 0.717) is 55.6 Å². The number of nitrogens with zero attached hydrogens (tertiary/aromatic N) is 1. The SMILES string of the molecule is COC1CC(CNC(=O)C2CC(CN3CCOC3=N)CC(C3CCC(F)CC3C)C2)CC(OC)C1. The minimum absolute atomic E-state index is 0.0215. The van der Waals surface area contributed by atoms with Gasteiger partial charge in [-0.2, -0.15) is 0 Å². The molecule has 1 amide bonds. The van der Waals surface area contributed by atoms with Gasteiger partial charge in [-0.3, -0.25) is 10.2 Å². The fourth-order valence-corrected chi connectivity index (χ4v) is 7.45. The Balaban J connectivity index is 1.38. The van der Waals surface area contributed by atoms with Gasteiger partial charge in [0.05, 0.1) is 18.8 Å². The summed E-state index contributed by atoms with van der Waals surface area (Å²) >= 11 is 0. The van der Waals surface area contributed by atoms with Gasteiger partial charge in [-0.1, -0.05) is 6.92 Å². The normalized spacial score (nSPS) is 40.4. The average Bonchev–Trinajstić information content (AvgIpc) is 3.26. The van der Waals surface area contributed by atoms with Crippen molar-refractivity contribution in [2.75, 3.05) is 40.5 Å². The van der Waals surface area contributed by atoms with Gasteiger partial charge in [0, 0.05) is 33.2 Å². The molecule has 1 heterocycles. The third-order valence-electron chi connectivity index (χ3n) is 9.30. The summed E-state index contributed by atoms with van der Waals surface area (Å²) in [5, 5.41) is 11.4. The molecule has 1 saturated heterocycles. The van der Waals surface area contributed by atoms with E-state index in [1.807, 2.05) is 4.90 Å². The second-order valence-corrected chi connectivity index (χ2v) is 11.7. The van der Waals surface area contributed by atoms with E-state index in [2.05, 4.69) is 12.2 Å². The third-order valence-corrected chi connectivity index (χ3v) is 9.30. The van der Waals surface area contributed by atoms with Gasteiger partial charge >= 0.3 is 0 Å². The average molecular weight is 496 g/mol. The van der Waals surface area contributed by atoms with Crippen molar-refractivity contribution in [1.82, 2.24) is 10.2 Å². The summed E-state index contributed by atoms with van der Waals surface area (Å²) in [4.78, 5) is 15.5. The predicted molar refractivity (Wildman–Crippen MR) is 133 cm³/mol. The molecule has 8 atom stereocenters. The van der Waals surface area contributed by atoms with E-state index in [1.165, 1.54) is 0 Å². The molecule has 0 aromatic heterocycles. The Morgan fingerprint density at radius 2 is 1.80 bits per heavy atom. The number of carbonyl (C=O) groups is 1. The zero-order chi connectivity index (χ0) is 24.9. The first kappa shape index (κ1) is 26.6. The smallest absolute Gasteiger partial charge is 0.284 e. The van der Waals surface area contributed by atoms with Crippen LogP contribution in [-0.4, -0.2) is 75.7 Å². The Bertz CT molecular complexity index is 713. The first-order valence-electron chi connectivity index (χ1n) is 13.8. The minimum atomic E-state index is -0.677. The number of hydrogen-bond acceptors (Lipinski definition) is 5. The molecule has 200 valence electrons. The number of ether oxygens (including phenoxy) is 3. The van der Waals surface area contributed by atoms with Crippen molar-refractivity contribution in [3.8, 4) is 0 Å². The van der Waals surface area contributed by atoms with Crippen LogP contribution in [0.25, 0.3) is 0 Å². The van der Waals surface area contributed by atoms with Crippen molar-refractivity contribution in [2.45, 2.75) is 83.1 Å². The second-order valence-electron chi connectivity index (χ2n) is 11.7. The number of amides is 1. The number of rotatable bonds is 8. The van der Waals surface area contributed by atoms with E-state index >= 15 is 0 Å². The Labute approximate surface area is 210 Å². The van der Waals surface area contributed by atoms with Crippen molar-refractivity contribution >= 4 is 11.9 Å². The molecule has 0 radical (unpaired) electrons. The lowest BCUT2D eigenvalue weighted by Gasteiger charge is -2.43. The summed E-state index contributed by atoms with van der Waals surface area (Å²) in [7, 11) is 3.51. The molecule has 4 rings (SSSR count). The van der Waals surface area contributed by atoms with Gasteiger partial charge in [0.1, 0.15) is 12.8 Å². The molecule has 0 aromatic rings. The molecule has 0 aromatic carbocycles. The van der Waals surface area contributed by atoms with E-state index in [1.54, 1.807) is 14.2 Å². The van der Waals surface area contributed by atoms with Crippen LogP contribution < -0.4 is 5.32 Å². The third kappa shape index (κ3) is 6.88. The monoisotopic (exact) mass is 495 g/mol. The standard InChI is InChI=1S/C27H46FN3O4/c1-17-8-22(28)4-5-25(17)20-9-19(16-31-6-7-35-27(31)29)10-21(13-20)26(32)30-15-18-11-23(33-2)14-24(12-18)34-3/h17-25,29H,4-16H2,1-3H3,(H,30,32). The molecule has 3 saturated carbocycles. The zero-order valence-electron chi connectivity index (χ0n) is 21.8. The number of hydrogen-bond donors (Lipinski definition) is 2. The van der Waals surface area contributed by atoms with Crippen LogP contribution in [-0.2, 0) is 19.0 Å². The van der Waals surface area contributed by atoms with Gasteiger partial charge in [0.2, 0.25) is 5.91 Å². The molecule has 35 heavy (non-hydrogen) atoms. The van der Waals surface area contributed by atoms with Gasteiger partial charge in [-0.05, 0) is 87.4 Å². The molecular weight excluding hydrogens is 449 g/mol. The lowest BCUT2D eigenvalue weighted by atomic mass is 9.63. The summed E-state index contributed by atoms with van der Waals surface area (Å²) in [5.41, 5.74) is 0. The highest BCUT2D eigenvalue weighted by Gasteiger charge is 2.41. The summed E-state index contributed by atoms with van der Waals surface area (Å²) in [5.74, 6) is 2.14. The van der Waals surface area contributed by atoms with Gasteiger partial charge in [-0.25, -0.2) is 4.39 Å². The van der Waals surface area contributed by atoms with Gasteiger partial charge in [0.15, 0.2) is 0 Å². The summed E-state index contributed by atoms with van der Waals surface area (Å²) < 4.78 is 30.6. The highest BCUT2D eigenvalue weighted by atomic mass is 19.1. The van der Waals surface area contributed by atoms with E-state index in [0.717, 1.165) is 58.0 Å². The minimum Gasteiger partial charge on any atom is -0.463 e. The van der Waals surface area contributed by atoms with Crippen LogP contribution in [0.1, 0.15) is 64.7 Å². The number of methoxy groups -OCH3 is 2. The number of carbonyl (C=O) groups excluding carboxylic acids is 1. The molecule has 4 aliphatic rings. The van der Waals surface area contributed by atoms with Crippen LogP contribution in [0.3, 0.4) is 0 Å². The topological polar surface area (TPSA) is 83.9 Å². The Morgan fingerprint density at radius 1 is 1.06 bits per heavy atom. The molecule has 1 aliphatic heterocycles. The number of alkyl halides is 1. The predicted octanol–water partition coefficient (Wildman–Crippen LogP) is 4.01. The van der Waals surface area contributed by atoms with Gasteiger partial charge < -0.3 is 24.4 Å². The largest absolute Gasteiger partial charge is 0.463 e. The van der Waals surface area contributed by atoms with Crippen molar-refractivity contribution < 1.29 is 23.4 Å². The second kappa shape index (κ2) is 12.2. The zero-order valence-corrected chi connectivity index (χ0v) is 21.8. The lowest BCUT2D eigenvalue weighted by Crippen LogP contribution is -2.44. The maximum atomic E-state index is 14.0. The highest BCUT2D eigenvalue weighted by Crippen LogP contribution is 2.45. The van der Waals surface area contributed by atoms with Crippen LogP contribution >= 0.6 is 0 Å². The molecule has 3 aliphatic carbocycles. The molecule has 8 unspecified atom stereocenters. The highest BCUT2D eigenvalue weighted by molar-refractivity contribution is 5.78. The maximum absolute atomic E-state index is 14.0. The first-order valence-corrected chi connectivity index (χ1v) is 13.8. The van der Waals surface area contributed by atoms with Crippen molar-refractivity contribution in [1.29, 1.82) is 5.41 Å². The summed E-state index contributed by atoms with van der Waals surface area (Å²) in [6.07, 6.45) is 7.55. The van der Waals surface area contributed by atoms with Crippen LogP contribution in [0.4, 0.5) is 4.39 Å². The van der Waals surface area contributed by atoms with Crippen LogP contribution in [0.15, 0.2) is 0 Å². The Hall–Kier alpha value is -1.41. The van der Waals surface area contributed by atoms with Crippen molar-refractivity contribution in [3.05, 3.63) is 0 Å². The first-order chi connectivity index (χ1) is 16.9. The van der Waals surface area contributed by atoms with Crippen molar-refractivity contribution in [3.63, 3.8) is 0 Å². The van der Waals surface area contributed by atoms with Crippen molar-refractivity contribution in [2.24, 2.45) is 35.5 Å². The number of nitrogens with one attached hydrogen (secondary N) is 2. The van der Waals surface area contributed by atoms with Crippen LogP contribution in [0, 0.1) is 40.9 Å². The molecule has 7 nitrogen and oxygen atoms in total. The summed E-state index contributed by atoms with van der Waals surface area (Å²) in [6.45, 7) is 4.96. The fraction of sp³-hybridized carbons (Fsp3) is 0.926. The molecule has 0 bridgehead atoms. The Kier molecular flexibility index (Phi) is 9.30. The molecular formula is C27H46FN3O4. The molecule has 0 spiro atoms. The van der Waals surface area contributed by atoms with Crippen LogP contribution in [0.5, 0.6) is 0 Å².